The Kier molecular flexibility index (Phi) is 7.48. The fourth-order valence-corrected chi connectivity index (χ4v) is 5.02. The first kappa shape index (κ1) is 24.8. The van der Waals surface area contributed by atoms with Crippen LogP contribution in [0.2, 0.25) is 0 Å². The topological polar surface area (TPSA) is 70.1 Å². The van der Waals surface area contributed by atoms with Gasteiger partial charge in [0.2, 0.25) is 0 Å². The highest BCUT2D eigenvalue weighted by Crippen LogP contribution is 2.43. The average molecular weight is 477 g/mol. The quantitative estimate of drug-likeness (QED) is 0.323. The van der Waals surface area contributed by atoms with Gasteiger partial charge in [0.15, 0.2) is 0 Å². The van der Waals surface area contributed by atoms with Gasteiger partial charge in [-0.15, -0.1) is 0 Å². The van der Waals surface area contributed by atoms with Crippen molar-refractivity contribution < 1.29 is 19.4 Å². The lowest BCUT2D eigenvalue weighted by molar-refractivity contribution is -0.141. The largest absolute Gasteiger partial charge is 0.507 e. The Hall–Kier alpha value is -3.28. The highest BCUT2D eigenvalue weighted by molar-refractivity contribution is 6.46. The van der Waals surface area contributed by atoms with Crippen LogP contribution in [0.4, 0.5) is 5.69 Å². The third-order valence-electron chi connectivity index (χ3n) is 6.86. The van der Waals surface area contributed by atoms with Gasteiger partial charge >= 0.3 is 0 Å². The average Bonchev–Trinajstić information content (AvgIpc) is 3.13. The Bertz CT molecular complexity index is 1100. The number of nitrogens with zero attached hydrogens (tertiary/aromatic N) is 2. The Morgan fingerprint density at radius 1 is 1.06 bits per heavy atom. The van der Waals surface area contributed by atoms with Gasteiger partial charge in [-0.3, -0.25) is 9.59 Å². The summed E-state index contributed by atoms with van der Waals surface area (Å²) in [6, 6.07) is 14.4. The van der Waals surface area contributed by atoms with Crippen molar-refractivity contribution in [3.8, 4) is 5.75 Å². The molecule has 1 N–H and O–H groups in total. The molecule has 1 atom stereocenters. The third kappa shape index (κ3) is 5.21. The van der Waals surface area contributed by atoms with Gasteiger partial charge in [-0.1, -0.05) is 57.4 Å². The zero-order valence-electron chi connectivity index (χ0n) is 21.2. The monoisotopic (exact) mass is 476 g/mol. The van der Waals surface area contributed by atoms with Crippen molar-refractivity contribution in [2.24, 2.45) is 5.92 Å². The summed E-state index contributed by atoms with van der Waals surface area (Å²) in [5.74, 6) is -0.316. The van der Waals surface area contributed by atoms with Gasteiger partial charge in [-0.05, 0) is 48.6 Å². The van der Waals surface area contributed by atoms with E-state index in [1.165, 1.54) is 0 Å². The second-order valence-electron chi connectivity index (χ2n) is 10.2. The van der Waals surface area contributed by atoms with Crippen LogP contribution in [0.15, 0.2) is 54.1 Å². The number of Topliss-reactive ketones (excluding diaryl/α,β-unsaturated/α-hetero) is 1. The minimum atomic E-state index is -0.622. The fraction of sp³-hybridized carbons (Fsp3) is 0.448. The van der Waals surface area contributed by atoms with Crippen LogP contribution in [-0.2, 0) is 9.59 Å². The number of amides is 1. The van der Waals surface area contributed by atoms with E-state index < -0.39 is 17.7 Å². The van der Waals surface area contributed by atoms with Crippen LogP contribution < -0.4 is 9.64 Å². The number of ether oxygens (including phenoxy) is 1. The second kappa shape index (κ2) is 10.5. The van der Waals surface area contributed by atoms with E-state index >= 15 is 0 Å². The van der Waals surface area contributed by atoms with Gasteiger partial charge in [-0.25, -0.2) is 0 Å². The lowest BCUT2D eigenvalue weighted by Crippen LogP contribution is -2.40. The lowest BCUT2D eigenvalue weighted by Gasteiger charge is -2.35. The summed E-state index contributed by atoms with van der Waals surface area (Å²) in [6.45, 7) is 4.69. The number of carbonyl (C=O) groups is 2. The number of anilines is 1. The molecule has 0 bridgehead atoms. The number of carbonyl (C=O) groups excluding carboxylic acids is 2. The van der Waals surface area contributed by atoms with Crippen LogP contribution in [0.25, 0.3) is 5.76 Å². The number of ketones is 1. The molecule has 2 fully saturated rings. The number of aliphatic hydroxyl groups is 1. The Balaban J connectivity index is 1.80. The second-order valence-corrected chi connectivity index (χ2v) is 10.2. The van der Waals surface area contributed by atoms with Gasteiger partial charge in [0.25, 0.3) is 11.7 Å². The van der Waals surface area contributed by atoms with E-state index in [4.69, 9.17) is 4.74 Å². The molecule has 0 radical (unpaired) electrons. The van der Waals surface area contributed by atoms with Crippen LogP contribution in [0, 0.1) is 5.92 Å². The Labute approximate surface area is 208 Å². The first-order chi connectivity index (χ1) is 16.8. The molecule has 1 aliphatic carbocycles. The first-order valence-electron chi connectivity index (χ1n) is 12.6. The van der Waals surface area contributed by atoms with Crippen molar-refractivity contribution in [1.29, 1.82) is 0 Å². The smallest absolute Gasteiger partial charge is 0.295 e. The van der Waals surface area contributed by atoms with E-state index in [1.807, 2.05) is 49.3 Å². The van der Waals surface area contributed by atoms with E-state index in [0.29, 0.717) is 23.8 Å². The molecular weight excluding hydrogens is 440 g/mol. The summed E-state index contributed by atoms with van der Waals surface area (Å²) in [6.07, 6.45) is 4.96. The van der Waals surface area contributed by atoms with Crippen molar-refractivity contribution >= 4 is 23.1 Å². The van der Waals surface area contributed by atoms with Crippen LogP contribution in [0.5, 0.6) is 5.75 Å². The van der Waals surface area contributed by atoms with E-state index in [-0.39, 0.29) is 17.4 Å². The van der Waals surface area contributed by atoms with Gasteiger partial charge < -0.3 is 19.6 Å². The van der Waals surface area contributed by atoms with Gasteiger partial charge in [0.1, 0.15) is 11.5 Å². The third-order valence-corrected chi connectivity index (χ3v) is 6.86. The fourth-order valence-electron chi connectivity index (χ4n) is 5.02. The summed E-state index contributed by atoms with van der Waals surface area (Å²) in [5.41, 5.74) is 2.48. The molecule has 2 aromatic carbocycles. The molecular formula is C29H36N2O4. The molecule has 2 aliphatic rings. The zero-order valence-corrected chi connectivity index (χ0v) is 21.2. The van der Waals surface area contributed by atoms with E-state index in [0.717, 1.165) is 43.4 Å². The SMILES string of the molecule is CC(C)COc1cccc(/C(O)=C2/C(=O)C(=O)N(C3CCCCC3)C2c2ccc(N(C)C)cc2)c1. The number of rotatable bonds is 7. The molecule has 6 heteroatoms. The Morgan fingerprint density at radius 2 is 1.74 bits per heavy atom. The van der Waals surface area contributed by atoms with Crippen LogP contribution >= 0.6 is 0 Å². The summed E-state index contributed by atoms with van der Waals surface area (Å²) in [5, 5.41) is 11.4. The minimum absolute atomic E-state index is 0.00950. The number of aliphatic hydroxyl groups excluding tert-OH is 1. The molecule has 0 spiro atoms. The minimum Gasteiger partial charge on any atom is -0.507 e. The molecule has 0 aromatic heterocycles. The molecule has 2 aromatic rings. The number of likely N-dealkylation sites (tertiary alicyclic amines) is 1. The maximum absolute atomic E-state index is 13.4. The molecule has 1 saturated heterocycles. The van der Waals surface area contributed by atoms with Crippen LogP contribution in [-0.4, -0.2) is 48.4 Å². The molecule has 6 nitrogen and oxygen atoms in total. The maximum atomic E-state index is 13.4. The summed E-state index contributed by atoms with van der Waals surface area (Å²) >= 11 is 0. The first-order valence-corrected chi connectivity index (χ1v) is 12.6. The van der Waals surface area contributed by atoms with Crippen LogP contribution in [0.3, 0.4) is 0 Å². The van der Waals surface area contributed by atoms with Crippen molar-refractivity contribution in [1.82, 2.24) is 4.90 Å². The molecule has 1 saturated carbocycles. The molecule has 186 valence electrons. The molecule has 1 unspecified atom stereocenters. The van der Waals surface area contributed by atoms with Crippen molar-refractivity contribution in [3.63, 3.8) is 0 Å². The standard InChI is InChI=1S/C29H36N2O4/c1-19(2)18-35-24-12-8-9-21(17-24)27(32)25-26(20-13-15-22(16-14-20)30(3)4)31(29(34)28(25)33)23-10-6-5-7-11-23/h8-9,12-17,19,23,26,32H,5-7,10-11,18H2,1-4H3/b27-25-. The Morgan fingerprint density at radius 3 is 2.37 bits per heavy atom. The van der Waals surface area contributed by atoms with Crippen LogP contribution in [0.1, 0.15) is 63.1 Å². The van der Waals surface area contributed by atoms with Crippen molar-refractivity contribution in [2.45, 2.75) is 58.0 Å². The zero-order chi connectivity index (χ0) is 25.1. The predicted molar refractivity (Wildman–Crippen MR) is 139 cm³/mol. The molecule has 35 heavy (non-hydrogen) atoms. The summed E-state index contributed by atoms with van der Waals surface area (Å²) in [4.78, 5) is 30.5. The number of hydrogen-bond acceptors (Lipinski definition) is 5. The highest BCUT2D eigenvalue weighted by atomic mass is 16.5. The van der Waals surface area contributed by atoms with E-state index in [2.05, 4.69) is 13.8 Å². The highest BCUT2D eigenvalue weighted by Gasteiger charge is 2.48. The predicted octanol–water partition coefficient (Wildman–Crippen LogP) is 5.54. The van der Waals surface area contributed by atoms with Crippen molar-refractivity contribution in [2.75, 3.05) is 25.6 Å². The molecule has 1 heterocycles. The number of benzene rings is 2. The van der Waals surface area contributed by atoms with E-state index in [1.54, 1.807) is 23.1 Å². The maximum Gasteiger partial charge on any atom is 0.295 e. The number of hydrogen-bond donors (Lipinski definition) is 1. The van der Waals surface area contributed by atoms with Crippen molar-refractivity contribution in [3.05, 3.63) is 65.2 Å². The van der Waals surface area contributed by atoms with Gasteiger partial charge in [-0.2, -0.15) is 0 Å². The summed E-state index contributed by atoms with van der Waals surface area (Å²) < 4.78 is 5.83. The van der Waals surface area contributed by atoms with E-state index in [9.17, 15) is 14.7 Å². The molecule has 1 amide bonds. The lowest BCUT2D eigenvalue weighted by atomic mass is 9.91. The summed E-state index contributed by atoms with van der Waals surface area (Å²) in [7, 11) is 3.94. The molecule has 4 rings (SSSR count). The molecule has 1 aliphatic heterocycles. The van der Waals surface area contributed by atoms with Gasteiger partial charge in [0, 0.05) is 31.4 Å². The normalized spacial score (nSPS) is 20.5. The van der Waals surface area contributed by atoms with Gasteiger partial charge in [0.05, 0.1) is 18.2 Å².